The van der Waals surface area contributed by atoms with E-state index in [-0.39, 0.29) is 0 Å². The quantitative estimate of drug-likeness (QED) is 0.853. The summed E-state index contributed by atoms with van der Waals surface area (Å²) in [4.78, 5) is 4.60. The molecule has 0 atom stereocenters. The molecule has 5 heteroatoms. The van der Waals surface area contributed by atoms with Crippen LogP contribution in [-0.4, -0.2) is 26.1 Å². The minimum atomic E-state index is 0.771. The van der Waals surface area contributed by atoms with E-state index in [1.807, 2.05) is 22.8 Å². The van der Waals surface area contributed by atoms with Gasteiger partial charge in [-0.05, 0) is 58.3 Å². The number of nitrogens with zero attached hydrogens (tertiary/aromatic N) is 3. The van der Waals surface area contributed by atoms with Crippen molar-refractivity contribution in [3.8, 4) is 0 Å². The van der Waals surface area contributed by atoms with Crippen molar-refractivity contribution in [1.82, 2.24) is 14.6 Å². The molecular weight excluding hydrogens is 298 g/mol. The number of pyridine rings is 1. The molecule has 3 rings (SSSR count). The van der Waals surface area contributed by atoms with E-state index in [2.05, 4.69) is 37.8 Å². The molecule has 0 N–H and O–H groups in total. The number of fused-ring (bicyclic) bond motifs is 1. The zero-order valence-corrected chi connectivity index (χ0v) is 11.9. The van der Waals surface area contributed by atoms with Crippen LogP contribution in [0.25, 0.3) is 5.65 Å². The van der Waals surface area contributed by atoms with Gasteiger partial charge in [-0.25, -0.2) is 9.50 Å². The van der Waals surface area contributed by atoms with Gasteiger partial charge in [0.1, 0.15) is 0 Å². The van der Waals surface area contributed by atoms with Crippen molar-refractivity contribution in [3.05, 3.63) is 28.6 Å². The van der Waals surface area contributed by atoms with E-state index in [0.717, 1.165) is 28.3 Å². The number of hydrogen-bond donors (Lipinski definition) is 0. The Morgan fingerprint density at radius 2 is 2.24 bits per heavy atom. The Kier molecular flexibility index (Phi) is 3.38. The van der Waals surface area contributed by atoms with Gasteiger partial charge in [0.2, 0.25) is 0 Å². The summed E-state index contributed by atoms with van der Waals surface area (Å²) in [5, 5.41) is 4.54. The maximum absolute atomic E-state index is 4.60. The molecule has 0 aliphatic carbocycles. The van der Waals surface area contributed by atoms with Crippen molar-refractivity contribution in [1.29, 1.82) is 0 Å². The molecule has 2 aromatic heterocycles. The highest BCUT2D eigenvalue weighted by Gasteiger charge is 2.17. The van der Waals surface area contributed by atoms with Gasteiger partial charge in [-0.15, -0.1) is 0 Å². The lowest BCUT2D eigenvalue weighted by Gasteiger charge is -2.19. The van der Waals surface area contributed by atoms with Gasteiger partial charge >= 0.3 is 0 Å². The highest BCUT2D eigenvalue weighted by atomic mass is 79.9. The smallest absolute Gasteiger partial charge is 0.169 e. The molecule has 17 heavy (non-hydrogen) atoms. The average molecular weight is 312 g/mol. The van der Waals surface area contributed by atoms with Crippen LogP contribution in [0.1, 0.15) is 18.7 Å². The molecule has 0 amide bonds. The van der Waals surface area contributed by atoms with Gasteiger partial charge in [0.05, 0.1) is 4.47 Å². The summed E-state index contributed by atoms with van der Waals surface area (Å²) in [7, 11) is 0. The summed E-state index contributed by atoms with van der Waals surface area (Å²) in [6, 6.07) is 3.98. The third-order valence-corrected chi connectivity index (χ3v) is 4.84. The standard InChI is InChI=1S/C12H14BrN3S/c13-10-2-1-5-16-12(10)14-11(15-16)8-9-3-6-17-7-4-9/h1-2,5,9H,3-4,6-8H2. The Balaban J connectivity index is 1.83. The number of aromatic nitrogens is 3. The van der Waals surface area contributed by atoms with Gasteiger partial charge in [-0.1, -0.05) is 0 Å². The molecule has 90 valence electrons. The Morgan fingerprint density at radius 1 is 1.41 bits per heavy atom. The molecule has 1 aliphatic heterocycles. The predicted molar refractivity (Wildman–Crippen MR) is 74.4 cm³/mol. The Hall–Kier alpha value is -0.550. The molecule has 0 radical (unpaired) electrons. The SMILES string of the molecule is Brc1cccn2nc(CC3CCSCC3)nc12. The first-order valence-electron chi connectivity index (χ1n) is 5.90. The van der Waals surface area contributed by atoms with Crippen LogP contribution in [0, 0.1) is 5.92 Å². The second kappa shape index (κ2) is 4.98. The zero-order valence-electron chi connectivity index (χ0n) is 9.47. The van der Waals surface area contributed by atoms with Crippen molar-refractivity contribution in [2.75, 3.05) is 11.5 Å². The Bertz CT molecular complexity index is 519. The molecule has 1 aliphatic rings. The van der Waals surface area contributed by atoms with Crippen LogP contribution in [0.2, 0.25) is 0 Å². The van der Waals surface area contributed by atoms with Gasteiger partial charge in [0.25, 0.3) is 0 Å². The van der Waals surface area contributed by atoms with E-state index in [1.54, 1.807) is 0 Å². The van der Waals surface area contributed by atoms with Crippen LogP contribution >= 0.6 is 27.7 Å². The van der Waals surface area contributed by atoms with E-state index in [0.29, 0.717) is 0 Å². The van der Waals surface area contributed by atoms with Crippen LogP contribution in [0.5, 0.6) is 0 Å². The van der Waals surface area contributed by atoms with Crippen LogP contribution < -0.4 is 0 Å². The van der Waals surface area contributed by atoms with Crippen LogP contribution in [0.15, 0.2) is 22.8 Å². The first kappa shape index (κ1) is 11.5. The highest BCUT2D eigenvalue weighted by Crippen LogP contribution is 2.25. The molecule has 1 saturated heterocycles. The van der Waals surface area contributed by atoms with Crippen LogP contribution in [0.3, 0.4) is 0 Å². The third-order valence-electron chi connectivity index (χ3n) is 3.17. The Labute approximate surface area is 113 Å². The molecule has 2 aromatic rings. The number of thioether (sulfide) groups is 1. The lowest BCUT2D eigenvalue weighted by molar-refractivity contribution is 0.476. The first-order valence-corrected chi connectivity index (χ1v) is 7.85. The maximum Gasteiger partial charge on any atom is 0.169 e. The van der Waals surface area contributed by atoms with Crippen LogP contribution in [0.4, 0.5) is 0 Å². The summed E-state index contributed by atoms with van der Waals surface area (Å²) in [6.45, 7) is 0. The van der Waals surface area contributed by atoms with Crippen molar-refractivity contribution in [3.63, 3.8) is 0 Å². The zero-order chi connectivity index (χ0) is 11.7. The second-order valence-electron chi connectivity index (χ2n) is 4.41. The fraction of sp³-hybridized carbons (Fsp3) is 0.500. The fourth-order valence-corrected chi connectivity index (χ4v) is 3.84. The topological polar surface area (TPSA) is 30.2 Å². The van der Waals surface area contributed by atoms with Gasteiger partial charge in [0.15, 0.2) is 11.5 Å². The van der Waals surface area contributed by atoms with Crippen molar-refractivity contribution in [2.24, 2.45) is 5.92 Å². The van der Waals surface area contributed by atoms with Gasteiger partial charge in [-0.2, -0.15) is 16.9 Å². The van der Waals surface area contributed by atoms with Crippen molar-refractivity contribution < 1.29 is 0 Å². The minimum Gasteiger partial charge on any atom is -0.220 e. The van der Waals surface area contributed by atoms with Crippen molar-refractivity contribution in [2.45, 2.75) is 19.3 Å². The lowest BCUT2D eigenvalue weighted by Crippen LogP contribution is -2.13. The van der Waals surface area contributed by atoms with E-state index in [9.17, 15) is 0 Å². The molecule has 1 fully saturated rings. The van der Waals surface area contributed by atoms with E-state index < -0.39 is 0 Å². The molecule has 0 aromatic carbocycles. The largest absolute Gasteiger partial charge is 0.220 e. The van der Waals surface area contributed by atoms with E-state index >= 15 is 0 Å². The molecule has 3 nitrogen and oxygen atoms in total. The average Bonchev–Trinajstić information content (AvgIpc) is 2.74. The highest BCUT2D eigenvalue weighted by molar-refractivity contribution is 9.10. The minimum absolute atomic E-state index is 0.771. The molecule has 3 heterocycles. The molecule has 0 spiro atoms. The van der Waals surface area contributed by atoms with Gasteiger partial charge in [0, 0.05) is 12.6 Å². The van der Waals surface area contributed by atoms with E-state index in [4.69, 9.17) is 0 Å². The maximum atomic E-state index is 4.60. The molecule has 0 unspecified atom stereocenters. The monoisotopic (exact) mass is 311 g/mol. The third kappa shape index (κ3) is 2.50. The van der Waals surface area contributed by atoms with Gasteiger partial charge in [-0.3, -0.25) is 0 Å². The first-order chi connectivity index (χ1) is 8.33. The summed E-state index contributed by atoms with van der Waals surface area (Å²) in [6.07, 6.45) is 5.59. The number of halogens is 1. The Morgan fingerprint density at radius 3 is 3.00 bits per heavy atom. The summed E-state index contributed by atoms with van der Waals surface area (Å²) >= 11 is 5.57. The van der Waals surface area contributed by atoms with E-state index in [1.165, 1.54) is 24.3 Å². The lowest BCUT2D eigenvalue weighted by atomic mass is 9.99. The second-order valence-corrected chi connectivity index (χ2v) is 6.49. The molecule has 0 bridgehead atoms. The fourth-order valence-electron chi connectivity index (χ4n) is 2.21. The summed E-state index contributed by atoms with van der Waals surface area (Å²) in [5.74, 6) is 4.34. The van der Waals surface area contributed by atoms with Crippen molar-refractivity contribution >= 4 is 33.3 Å². The van der Waals surface area contributed by atoms with Crippen LogP contribution in [-0.2, 0) is 6.42 Å². The number of hydrogen-bond acceptors (Lipinski definition) is 3. The number of rotatable bonds is 2. The predicted octanol–water partition coefficient (Wildman–Crippen LogP) is 3.18. The molecular formula is C12H14BrN3S. The van der Waals surface area contributed by atoms with Gasteiger partial charge < -0.3 is 0 Å². The molecule has 0 saturated carbocycles. The summed E-state index contributed by atoms with van der Waals surface area (Å²) in [5.41, 5.74) is 0.924. The normalized spacial score (nSPS) is 17.7. The summed E-state index contributed by atoms with van der Waals surface area (Å²) < 4.78 is 2.87.